The molecular formula is C17H15ClN2O7S. The van der Waals surface area contributed by atoms with Crippen molar-refractivity contribution < 1.29 is 32.6 Å². The number of carboxylic acid groups (broad SMARTS) is 1. The van der Waals surface area contributed by atoms with Gasteiger partial charge in [-0.2, -0.15) is 0 Å². The molecule has 0 bridgehead atoms. The Morgan fingerprint density at radius 3 is 2.75 bits per heavy atom. The summed E-state index contributed by atoms with van der Waals surface area (Å²) in [6.45, 7) is -0.946. The largest absolute Gasteiger partial charge is 0.495 e. The average molecular weight is 427 g/mol. The van der Waals surface area contributed by atoms with E-state index in [9.17, 15) is 18.0 Å². The molecule has 0 unspecified atom stereocenters. The minimum Gasteiger partial charge on any atom is -0.495 e. The van der Waals surface area contributed by atoms with Gasteiger partial charge in [-0.25, -0.2) is 8.42 Å². The maximum absolute atomic E-state index is 12.8. The van der Waals surface area contributed by atoms with Gasteiger partial charge in [0, 0.05) is 5.02 Å². The van der Waals surface area contributed by atoms with E-state index in [4.69, 9.17) is 26.2 Å². The number of methoxy groups -OCH3 is 1. The minimum absolute atomic E-state index is 0.0552. The molecule has 0 spiro atoms. The fourth-order valence-electron chi connectivity index (χ4n) is 2.62. The van der Waals surface area contributed by atoms with E-state index in [0.29, 0.717) is 5.02 Å². The average Bonchev–Trinajstić information content (AvgIpc) is 2.63. The quantitative estimate of drug-likeness (QED) is 0.723. The predicted octanol–water partition coefficient (Wildman–Crippen LogP) is 1.96. The van der Waals surface area contributed by atoms with Crippen LogP contribution in [0, 0.1) is 0 Å². The van der Waals surface area contributed by atoms with E-state index in [2.05, 4.69) is 4.72 Å². The lowest BCUT2D eigenvalue weighted by Gasteiger charge is -2.28. The van der Waals surface area contributed by atoms with E-state index in [1.54, 1.807) is 6.07 Å². The van der Waals surface area contributed by atoms with Gasteiger partial charge in [-0.05, 0) is 36.4 Å². The summed E-state index contributed by atoms with van der Waals surface area (Å²) >= 11 is 5.92. The number of rotatable bonds is 6. The fourth-order valence-corrected chi connectivity index (χ4v) is 3.87. The van der Waals surface area contributed by atoms with Crippen LogP contribution >= 0.6 is 11.6 Å². The number of anilines is 2. The number of carboxylic acids is 1. The van der Waals surface area contributed by atoms with Crippen molar-refractivity contribution in [3.8, 4) is 11.5 Å². The second-order valence-corrected chi connectivity index (χ2v) is 7.86. The molecule has 2 aromatic carbocycles. The van der Waals surface area contributed by atoms with Crippen LogP contribution in [-0.4, -0.2) is 45.7 Å². The summed E-state index contributed by atoms with van der Waals surface area (Å²) in [4.78, 5) is 23.8. The zero-order valence-corrected chi connectivity index (χ0v) is 16.1. The van der Waals surface area contributed by atoms with Crippen molar-refractivity contribution >= 4 is 44.9 Å². The molecule has 0 fully saturated rings. The zero-order valence-electron chi connectivity index (χ0n) is 14.5. The molecule has 0 saturated heterocycles. The van der Waals surface area contributed by atoms with Crippen molar-refractivity contribution in [3.05, 3.63) is 41.4 Å². The first-order chi connectivity index (χ1) is 13.2. The molecule has 0 saturated carbocycles. The van der Waals surface area contributed by atoms with Crippen molar-refractivity contribution in [3.63, 3.8) is 0 Å². The molecule has 28 heavy (non-hydrogen) atoms. The fraction of sp³-hybridized carbons (Fsp3) is 0.176. The smallest absolute Gasteiger partial charge is 0.323 e. The number of aliphatic carboxylic acids is 1. The number of amides is 1. The van der Waals surface area contributed by atoms with Crippen molar-refractivity contribution in [2.75, 3.05) is 29.9 Å². The van der Waals surface area contributed by atoms with Gasteiger partial charge in [0.05, 0.1) is 23.4 Å². The molecule has 3 rings (SSSR count). The molecule has 1 aliphatic heterocycles. The third-order valence-electron chi connectivity index (χ3n) is 3.88. The second-order valence-electron chi connectivity index (χ2n) is 5.74. The molecule has 148 valence electrons. The summed E-state index contributed by atoms with van der Waals surface area (Å²) in [6, 6.07) is 8.26. The van der Waals surface area contributed by atoms with Crippen LogP contribution in [0.4, 0.5) is 11.4 Å². The Balaban J connectivity index is 2.00. The van der Waals surface area contributed by atoms with Crippen LogP contribution in [0.2, 0.25) is 5.02 Å². The Morgan fingerprint density at radius 1 is 1.32 bits per heavy atom. The number of hydrogen-bond acceptors (Lipinski definition) is 6. The normalized spacial score (nSPS) is 13.5. The number of halogens is 1. The molecule has 9 nitrogen and oxygen atoms in total. The SMILES string of the molecule is COc1ccc(Cl)cc1NS(=O)(=O)c1ccc2c(c1)N(CC(=O)O)C(=O)CO2. The van der Waals surface area contributed by atoms with E-state index in [0.717, 1.165) is 4.90 Å². The summed E-state index contributed by atoms with van der Waals surface area (Å²) in [5, 5.41) is 9.33. The predicted molar refractivity (Wildman–Crippen MR) is 101 cm³/mol. The van der Waals surface area contributed by atoms with Crippen LogP contribution in [0.25, 0.3) is 0 Å². The van der Waals surface area contributed by atoms with Gasteiger partial charge in [-0.3, -0.25) is 19.2 Å². The van der Waals surface area contributed by atoms with Crippen molar-refractivity contribution in [2.45, 2.75) is 4.90 Å². The maximum Gasteiger partial charge on any atom is 0.323 e. The van der Waals surface area contributed by atoms with Crippen molar-refractivity contribution in [1.82, 2.24) is 0 Å². The zero-order chi connectivity index (χ0) is 20.5. The van der Waals surface area contributed by atoms with Crippen LogP contribution in [0.3, 0.4) is 0 Å². The number of carbonyl (C=O) groups excluding carboxylic acids is 1. The third kappa shape index (κ3) is 3.97. The molecular weight excluding hydrogens is 412 g/mol. The van der Waals surface area contributed by atoms with Crippen LogP contribution in [0.15, 0.2) is 41.3 Å². The molecule has 11 heteroatoms. The van der Waals surface area contributed by atoms with Gasteiger partial charge < -0.3 is 14.6 Å². The second kappa shape index (κ2) is 7.56. The first kappa shape index (κ1) is 19.8. The Hall–Kier alpha value is -2.98. The standard InChI is InChI=1S/C17H15ClN2O7S/c1-26-14-4-2-10(18)6-12(14)19-28(24,25)11-3-5-15-13(7-11)20(8-17(22)23)16(21)9-27-15/h2-7,19H,8-9H2,1H3,(H,22,23). The monoisotopic (exact) mass is 426 g/mol. The highest BCUT2D eigenvalue weighted by Crippen LogP contribution is 2.35. The van der Waals surface area contributed by atoms with Crippen molar-refractivity contribution in [1.29, 1.82) is 0 Å². The third-order valence-corrected chi connectivity index (χ3v) is 5.48. The van der Waals surface area contributed by atoms with Crippen LogP contribution in [0.5, 0.6) is 11.5 Å². The number of nitrogens with one attached hydrogen (secondary N) is 1. The van der Waals surface area contributed by atoms with Crippen LogP contribution < -0.4 is 19.1 Å². The van der Waals surface area contributed by atoms with E-state index in [1.807, 2.05) is 0 Å². The van der Waals surface area contributed by atoms with E-state index in [1.165, 1.54) is 37.4 Å². The van der Waals surface area contributed by atoms with Gasteiger partial charge in [0.25, 0.3) is 15.9 Å². The molecule has 0 aliphatic carbocycles. The van der Waals surface area contributed by atoms with Gasteiger partial charge in [0.1, 0.15) is 18.0 Å². The van der Waals surface area contributed by atoms with Crippen molar-refractivity contribution in [2.24, 2.45) is 0 Å². The van der Waals surface area contributed by atoms with Gasteiger partial charge in [0.2, 0.25) is 0 Å². The number of hydrogen-bond donors (Lipinski definition) is 2. The number of carbonyl (C=O) groups is 2. The lowest BCUT2D eigenvalue weighted by atomic mass is 10.2. The lowest BCUT2D eigenvalue weighted by Crippen LogP contribution is -2.42. The van der Waals surface area contributed by atoms with E-state index >= 15 is 0 Å². The van der Waals surface area contributed by atoms with Gasteiger partial charge >= 0.3 is 5.97 Å². The van der Waals surface area contributed by atoms with E-state index < -0.39 is 28.4 Å². The molecule has 2 aromatic rings. The summed E-state index contributed by atoms with van der Waals surface area (Å²) in [6.07, 6.45) is 0. The first-order valence-corrected chi connectivity index (χ1v) is 9.73. The van der Waals surface area contributed by atoms with Crippen LogP contribution in [-0.2, 0) is 19.6 Å². The highest BCUT2D eigenvalue weighted by atomic mass is 35.5. The number of ether oxygens (including phenoxy) is 2. The van der Waals surface area contributed by atoms with E-state index in [-0.39, 0.29) is 34.4 Å². The number of fused-ring (bicyclic) bond motifs is 1. The molecule has 1 heterocycles. The maximum atomic E-state index is 12.8. The Bertz CT molecular complexity index is 1060. The number of benzene rings is 2. The highest BCUT2D eigenvalue weighted by molar-refractivity contribution is 7.92. The Labute approximate surface area is 165 Å². The lowest BCUT2D eigenvalue weighted by molar-refractivity contribution is -0.137. The minimum atomic E-state index is -4.10. The molecule has 0 atom stereocenters. The Morgan fingerprint density at radius 2 is 2.07 bits per heavy atom. The van der Waals surface area contributed by atoms with Gasteiger partial charge in [-0.1, -0.05) is 11.6 Å². The molecule has 2 N–H and O–H groups in total. The number of nitrogens with zero attached hydrogens (tertiary/aromatic N) is 1. The molecule has 1 aliphatic rings. The summed E-state index contributed by atoms with van der Waals surface area (Å²) < 4.78 is 38.4. The van der Waals surface area contributed by atoms with Gasteiger partial charge in [-0.15, -0.1) is 0 Å². The highest BCUT2D eigenvalue weighted by Gasteiger charge is 2.29. The molecule has 0 aromatic heterocycles. The molecule has 0 radical (unpaired) electrons. The molecule has 1 amide bonds. The summed E-state index contributed by atoms with van der Waals surface area (Å²) in [7, 11) is -2.71. The summed E-state index contributed by atoms with van der Waals surface area (Å²) in [5.41, 5.74) is 0.182. The van der Waals surface area contributed by atoms with Crippen LogP contribution in [0.1, 0.15) is 0 Å². The van der Waals surface area contributed by atoms with Gasteiger partial charge in [0.15, 0.2) is 6.61 Å². The number of sulfonamides is 1. The Kier molecular flexibility index (Phi) is 5.34. The summed E-state index contributed by atoms with van der Waals surface area (Å²) in [5.74, 6) is -1.36. The first-order valence-electron chi connectivity index (χ1n) is 7.86. The topological polar surface area (TPSA) is 122 Å².